The van der Waals surface area contributed by atoms with Gasteiger partial charge in [-0.05, 0) is 30.2 Å². The van der Waals surface area contributed by atoms with E-state index in [0.717, 1.165) is 12.0 Å². The van der Waals surface area contributed by atoms with Gasteiger partial charge in [0.05, 0.1) is 5.69 Å². The van der Waals surface area contributed by atoms with Crippen LogP contribution in [0, 0.1) is 5.82 Å². The SMILES string of the molecule is CCc1ccc(-c2ccc(/C=C/C(F)(F)F)c(F)c2)nc1. The molecule has 1 aromatic heterocycles. The molecule has 2 aromatic rings. The number of hydrogen-bond donors (Lipinski definition) is 0. The minimum atomic E-state index is -4.46. The summed E-state index contributed by atoms with van der Waals surface area (Å²) in [6.07, 6.45) is -1.18. The number of rotatable bonds is 3. The lowest BCUT2D eigenvalue weighted by atomic mass is 10.1. The van der Waals surface area contributed by atoms with E-state index in [1.54, 1.807) is 18.3 Å². The van der Waals surface area contributed by atoms with Gasteiger partial charge in [0, 0.05) is 23.4 Å². The van der Waals surface area contributed by atoms with Gasteiger partial charge in [-0.3, -0.25) is 4.98 Å². The van der Waals surface area contributed by atoms with E-state index in [9.17, 15) is 17.6 Å². The van der Waals surface area contributed by atoms with Gasteiger partial charge in [-0.1, -0.05) is 25.1 Å². The predicted molar refractivity (Wildman–Crippen MR) is 74.1 cm³/mol. The number of benzene rings is 1. The van der Waals surface area contributed by atoms with Crippen LogP contribution in [0.4, 0.5) is 17.6 Å². The van der Waals surface area contributed by atoms with E-state index in [4.69, 9.17) is 0 Å². The van der Waals surface area contributed by atoms with Gasteiger partial charge in [-0.15, -0.1) is 0 Å². The number of allylic oxidation sites excluding steroid dienone is 1. The largest absolute Gasteiger partial charge is 0.409 e. The number of aromatic nitrogens is 1. The molecule has 1 heterocycles. The molecule has 0 atom stereocenters. The van der Waals surface area contributed by atoms with Gasteiger partial charge in [-0.25, -0.2) is 4.39 Å². The Hall–Kier alpha value is -2.17. The van der Waals surface area contributed by atoms with Crippen molar-refractivity contribution in [3.05, 3.63) is 59.5 Å². The molecule has 0 amide bonds. The number of aryl methyl sites for hydroxylation is 1. The molecule has 0 fully saturated rings. The maximum absolute atomic E-state index is 13.8. The van der Waals surface area contributed by atoms with Gasteiger partial charge < -0.3 is 0 Å². The lowest BCUT2D eigenvalue weighted by Gasteiger charge is -2.05. The number of pyridine rings is 1. The van der Waals surface area contributed by atoms with Crippen molar-refractivity contribution in [2.45, 2.75) is 19.5 Å². The summed E-state index contributed by atoms with van der Waals surface area (Å²) in [6.45, 7) is 2.00. The highest BCUT2D eigenvalue weighted by atomic mass is 19.4. The normalized spacial score (nSPS) is 12.0. The van der Waals surface area contributed by atoms with Gasteiger partial charge in [-0.2, -0.15) is 13.2 Å². The average Bonchev–Trinajstić information content (AvgIpc) is 2.45. The summed E-state index contributed by atoms with van der Waals surface area (Å²) in [6, 6.07) is 7.69. The number of nitrogens with zero attached hydrogens (tertiary/aromatic N) is 1. The molecule has 110 valence electrons. The highest BCUT2D eigenvalue weighted by molar-refractivity contribution is 5.63. The zero-order valence-electron chi connectivity index (χ0n) is 11.3. The molecule has 1 aromatic carbocycles. The Bertz CT molecular complexity index is 642. The molecule has 0 bridgehead atoms. The van der Waals surface area contributed by atoms with E-state index in [1.165, 1.54) is 12.1 Å². The van der Waals surface area contributed by atoms with Crippen molar-refractivity contribution in [3.63, 3.8) is 0 Å². The Labute approximate surface area is 120 Å². The zero-order valence-corrected chi connectivity index (χ0v) is 11.3. The highest BCUT2D eigenvalue weighted by Crippen LogP contribution is 2.23. The summed E-state index contributed by atoms with van der Waals surface area (Å²) in [7, 11) is 0. The second-order valence-corrected chi connectivity index (χ2v) is 4.52. The fourth-order valence-electron chi connectivity index (χ4n) is 1.81. The van der Waals surface area contributed by atoms with E-state index in [0.29, 0.717) is 17.3 Å². The number of hydrogen-bond acceptors (Lipinski definition) is 1. The van der Waals surface area contributed by atoms with Crippen molar-refractivity contribution in [2.75, 3.05) is 0 Å². The molecule has 0 saturated heterocycles. The van der Waals surface area contributed by atoms with Crippen LogP contribution in [0.5, 0.6) is 0 Å². The van der Waals surface area contributed by atoms with Crippen LogP contribution in [0.1, 0.15) is 18.1 Å². The predicted octanol–water partition coefficient (Wildman–Crippen LogP) is 5.03. The van der Waals surface area contributed by atoms with Crippen LogP contribution in [0.15, 0.2) is 42.6 Å². The van der Waals surface area contributed by atoms with Crippen molar-refractivity contribution in [2.24, 2.45) is 0 Å². The topological polar surface area (TPSA) is 12.9 Å². The van der Waals surface area contributed by atoms with Crippen molar-refractivity contribution in [1.29, 1.82) is 0 Å². The quantitative estimate of drug-likeness (QED) is 0.724. The molecule has 0 aliphatic carbocycles. The minimum absolute atomic E-state index is 0.0133. The van der Waals surface area contributed by atoms with E-state index in [-0.39, 0.29) is 11.6 Å². The smallest absolute Gasteiger partial charge is 0.256 e. The van der Waals surface area contributed by atoms with Crippen molar-refractivity contribution < 1.29 is 17.6 Å². The van der Waals surface area contributed by atoms with Gasteiger partial charge in [0.15, 0.2) is 0 Å². The molecular weight excluding hydrogens is 282 g/mol. The number of halogens is 4. The molecule has 1 nitrogen and oxygen atoms in total. The van der Waals surface area contributed by atoms with E-state index in [1.807, 2.05) is 13.0 Å². The zero-order chi connectivity index (χ0) is 15.5. The first-order valence-electron chi connectivity index (χ1n) is 6.40. The van der Waals surface area contributed by atoms with E-state index < -0.39 is 12.0 Å². The molecule has 0 saturated carbocycles. The Kier molecular flexibility index (Phi) is 4.40. The summed E-state index contributed by atoms with van der Waals surface area (Å²) in [5.74, 6) is -0.714. The average molecular weight is 295 g/mol. The van der Waals surface area contributed by atoms with Crippen LogP contribution in [-0.4, -0.2) is 11.2 Å². The first-order valence-corrected chi connectivity index (χ1v) is 6.40. The first-order chi connectivity index (χ1) is 9.89. The molecule has 0 unspecified atom stereocenters. The molecule has 0 N–H and O–H groups in total. The molecule has 0 aliphatic rings. The lowest BCUT2D eigenvalue weighted by molar-refractivity contribution is -0.0790. The maximum atomic E-state index is 13.8. The van der Waals surface area contributed by atoms with Crippen LogP contribution in [0.3, 0.4) is 0 Å². The maximum Gasteiger partial charge on any atom is 0.409 e. The molecule has 0 aliphatic heterocycles. The summed E-state index contributed by atoms with van der Waals surface area (Å²) in [4.78, 5) is 4.21. The Morgan fingerprint density at radius 1 is 1.14 bits per heavy atom. The van der Waals surface area contributed by atoms with Crippen LogP contribution in [0.2, 0.25) is 0 Å². The summed E-state index contributed by atoms with van der Waals surface area (Å²) >= 11 is 0. The molecule has 5 heteroatoms. The molecular formula is C16H13F4N. The third kappa shape index (κ3) is 4.15. The van der Waals surface area contributed by atoms with Crippen molar-refractivity contribution >= 4 is 6.08 Å². The van der Waals surface area contributed by atoms with Gasteiger partial charge in [0.2, 0.25) is 0 Å². The Morgan fingerprint density at radius 2 is 1.90 bits per heavy atom. The minimum Gasteiger partial charge on any atom is -0.256 e. The van der Waals surface area contributed by atoms with E-state index in [2.05, 4.69) is 4.98 Å². The number of alkyl halides is 3. The highest BCUT2D eigenvalue weighted by Gasteiger charge is 2.22. The standard InChI is InChI=1S/C16H13F4N/c1-2-11-3-6-15(21-10-11)13-5-4-12(14(17)9-13)7-8-16(18,19)20/h3-10H,2H2,1H3/b8-7+. The van der Waals surface area contributed by atoms with Crippen molar-refractivity contribution in [1.82, 2.24) is 4.98 Å². The molecule has 21 heavy (non-hydrogen) atoms. The van der Waals surface area contributed by atoms with Gasteiger partial charge >= 0.3 is 6.18 Å². The Morgan fingerprint density at radius 3 is 2.43 bits per heavy atom. The second-order valence-electron chi connectivity index (χ2n) is 4.52. The molecule has 2 rings (SSSR count). The molecule has 0 spiro atoms. The summed E-state index contributed by atoms with van der Waals surface area (Å²) in [5.41, 5.74) is 2.06. The fraction of sp³-hybridized carbons (Fsp3) is 0.188. The van der Waals surface area contributed by atoms with Crippen molar-refractivity contribution in [3.8, 4) is 11.3 Å². The Balaban J connectivity index is 2.27. The fourth-order valence-corrected chi connectivity index (χ4v) is 1.81. The van der Waals surface area contributed by atoms with Crippen LogP contribution >= 0.6 is 0 Å². The van der Waals surface area contributed by atoms with Crippen LogP contribution in [0.25, 0.3) is 17.3 Å². The molecule has 0 radical (unpaired) electrons. The lowest BCUT2D eigenvalue weighted by Crippen LogP contribution is -2.00. The first kappa shape index (κ1) is 15.2. The third-order valence-corrected chi connectivity index (χ3v) is 2.98. The van der Waals surface area contributed by atoms with Gasteiger partial charge in [0.25, 0.3) is 0 Å². The summed E-state index contributed by atoms with van der Waals surface area (Å²) < 4.78 is 50.0. The third-order valence-electron chi connectivity index (χ3n) is 2.98. The van der Waals surface area contributed by atoms with Crippen LogP contribution < -0.4 is 0 Å². The van der Waals surface area contributed by atoms with Crippen LogP contribution in [-0.2, 0) is 6.42 Å². The second kappa shape index (κ2) is 6.08. The van der Waals surface area contributed by atoms with E-state index >= 15 is 0 Å². The monoisotopic (exact) mass is 295 g/mol. The van der Waals surface area contributed by atoms with Gasteiger partial charge in [0.1, 0.15) is 5.82 Å². The summed E-state index contributed by atoms with van der Waals surface area (Å²) in [5, 5.41) is 0.